The Morgan fingerprint density at radius 2 is 0.651 bits per heavy atom. The summed E-state index contributed by atoms with van der Waals surface area (Å²) >= 11 is 0. The molecule has 0 saturated carbocycles. The molecule has 4 aliphatic rings. The summed E-state index contributed by atoms with van der Waals surface area (Å²) in [5.41, 5.74) is 3.65. The Balaban J connectivity index is 1.12. The average Bonchev–Trinajstić information content (AvgIpc) is 1.37. The maximum Gasteiger partial charge on any atom is 0.203 e. The summed E-state index contributed by atoms with van der Waals surface area (Å²) in [4.78, 5) is 49.9. The number of Topliss-reactive ketones (excluding diaryl/α,β-unsaturated/α-hetero) is 1. The van der Waals surface area contributed by atoms with Crippen LogP contribution in [0.5, 0.6) is 0 Å². The van der Waals surface area contributed by atoms with E-state index < -0.39 is 21.8 Å². The molecular weight excluding hydrogens is 1070 g/mol. The molecule has 3 unspecified atom stereocenters. The Morgan fingerprint density at radius 1 is 0.302 bits per heavy atom. The van der Waals surface area contributed by atoms with Gasteiger partial charge < -0.3 is 0 Å². The lowest BCUT2D eigenvalue weighted by Crippen LogP contribution is -2.52. The summed E-state index contributed by atoms with van der Waals surface area (Å²) in [5.74, 6) is -0.168. The second-order valence-electron chi connectivity index (χ2n) is 28.5. The van der Waals surface area contributed by atoms with Crippen LogP contribution in [0.25, 0.3) is 280 Å². The number of pyridine rings is 1. The van der Waals surface area contributed by atoms with E-state index in [1.807, 2.05) is 18.3 Å². The molecule has 2 aliphatic heterocycles. The number of hydrogen-bond acceptors (Lipinski definition) is 5. The lowest BCUT2D eigenvalue weighted by atomic mass is 9.52. The van der Waals surface area contributed by atoms with E-state index in [0.29, 0.717) is 26.4 Å². The van der Waals surface area contributed by atoms with Gasteiger partial charge in [0, 0.05) is 184 Å². The van der Waals surface area contributed by atoms with Gasteiger partial charge in [-0.05, 0) is 147 Å². The van der Waals surface area contributed by atoms with E-state index in [1.165, 1.54) is 226 Å². The number of rotatable bonds is 3. The standard InChI is InChI=1S/C80H14N2O3S/c83-74-68-58-50-35-32-24-20-18-19-22-26-27-23(19)29-28(20)38-43(32)53(50)63-60-48(38)39(29)44-37(27)45-40-34(26)47-42-31(22)30-21(18)25(24)33-36(35)51-56-46(33)41(30)49(42)62-66(56)75(69(74)59(51)58)86(85)76-67(62)57(47)52(40)61-65-55(45)54(44)64(60)72-73(65)80(78(84)70(61)76,17-13-7-8-14-81-17)82-77(15-9-3-1-4-10-15)79(72,71(63)68)16-11-5-2-6-12-16/h1-14H. The van der Waals surface area contributed by atoms with Crippen molar-refractivity contribution >= 4 is 302 Å². The molecule has 5 nitrogen and oxygen atoms in total. The summed E-state index contributed by atoms with van der Waals surface area (Å²) in [6.07, 6.45) is 1.85. The van der Waals surface area contributed by atoms with Crippen LogP contribution >= 0.6 is 0 Å². The molecule has 1 aromatic heterocycles. The van der Waals surface area contributed by atoms with Crippen molar-refractivity contribution in [1.29, 1.82) is 0 Å². The maximum atomic E-state index is 18.5. The van der Waals surface area contributed by atoms with E-state index in [2.05, 4.69) is 66.7 Å². The molecule has 0 radical (unpaired) electrons. The zero-order chi connectivity index (χ0) is 52.8. The van der Waals surface area contributed by atoms with Gasteiger partial charge in [0.1, 0.15) is 0 Å². The van der Waals surface area contributed by atoms with E-state index >= 15 is 13.8 Å². The van der Waals surface area contributed by atoms with Crippen LogP contribution < -0.4 is 5.43 Å². The molecule has 0 saturated heterocycles. The van der Waals surface area contributed by atoms with Crippen molar-refractivity contribution in [2.24, 2.45) is 4.99 Å². The van der Waals surface area contributed by atoms with E-state index in [1.54, 1.807) is 0 Å². The van der Waals surface area contributed by atoms with Gasteiger partial charge in [0.25, 0.3) is 0 Å². The maximum absolute atomic E-state index is 18.5. The Hall–Kier alpha value is -10.8. The third kappa shape index (κ3) is 2.20. The van der Waals surface area contributed by atoms with Crippen molar-refractivity contribution < 1.29 is 9.00 Å². The number of hydrogen-bond donors (Lipinski definition) is 0. The first-order valence-electron chi connectivity index (χ1n) is 30.5. The fourth-order valence-electron chi connectivity index (χ4n) is 25.9. The van der Waals surface area contributed by atoms with E-state index in [9.17, 15) is 0 Å². The van der Waals surface area contributed by atoms with Gasteiger partial charge in [0.05, 0.1) is 37.4 Å². The first-order valence-corrected chi connectivity index (χ1v) is 31.7. The highest BCUT2D eigenvalue weighted by Gasteiger charge is 2.64. The van der Waals surface area contributed by atoms with Crippen molar-refractivity contribution in [2.45, 2.75) is 20.7 Å². The number of ketones is 1. The highest BCUT2D eigenvalue weighted by molar-refractivity contribution is 7.86. The zero-order valence-electron chi connectivity index (χ0n) is 43.6. The summed E-state index contributed by atoms with van der Waals surface area (Å²) in [6, 6.07) is 27.9. The Kier molecular flexibility index (Phi) is 3.63. The van der Waals surface area contributed by atoms with Crippen molar-refractivity contribution in [3.63, 3.8) is 0 Å². The van der Waals surface area contributed by atoms with Crippen LogP contribution in [-0.2, 0) is 21.8 Å². The van der Waals surface area contributed by atoms with Crippen LogP contribution in [-0.4, -0.2) is 20.7 Å². The molecule has 3 heterocycles. The molecule has 368 valence electrons. The molecule has 0 bridgehead atoms. The summed E-state index contributed by atoms with van der Waals surface area (Å²) in [7, 11) is -2.03. The van der Waals surface area contributed by atoms with Crippen LogP contribution in [0.4, 0.5) is 0 Å². The molecule has 0 amide bonds. The minimum atomic E-state index is -2.03. The lowest BCUT2D eigenvalue weighted by molar-refractivity contribution is 0.0909. The number of aliphatic imine (C=N–C) groups is 1. The van der Waals surface area contributed by atoms with Gasteiger partial charge in [-0.25, -0.2) is 4.21 Å². The third-order valence-corrected chi connectivity index (χ3v) is 28.6. The summed E-state index contributed by atoms with van der Waals surface area (Å²) in [5, 5.41) is 66.2. The number of nitrogens with zero attached hydrogens (tertiary/aromatic N) is 2. The van der Waals surface area contributed by atoms with Gasteiger partial charge >= 0.3 is 0 Å². The van der Waals surface area contributed by atoms with Crippen molar-refractivity contribution in [3.8, 4) is 0 Å². The number of fused-ring (bicyclic) bond motifs is 4. The number of benzene rings is 20. The first kappa shape index (κ1) is 35.4. The molecule has 30 aromatic rings. The Bertz CT molecular complexity index is 8750. The number of carbonyl (C=O) groups excluding carboxylic acids is 1. The second kappa shape index (κ2) is 8.83. The molecule has 29 aromatic carbocycles. The van der Waals surface area contributed by atoms with E-state index in [0.717, 1.165) is 82.0 Å². The van der Waals surface area contributed by atoms with Crippen LogP contribution in [0.1, 0.15) is 43.9 Å². The second-order valence-corrected chi connectivity index (χ2v) is 29.8. The van der Waals surface area contributed by atoms with Gasteiger partial charge in [-0.2, -0.15) is 0 Å². The van der Waals surface area contributed by atoms with Crippen LogP contribution in [0.3, 0.4) is 0 Å². The van der Waals surface area contributed by atoms with Crippen molar-refractivity contribution in [1.82, 2.24) is 4.98 Å². The molecule has 0 spiro atoms. The molecule has 0 fully saturated rings. The Labute approximate surface area is 473 Å². The predicted octanol–water partition coefficient (Wildman–Crippen LogP) is 18.9. The molecule has 2 aliphatic carbocycles. The quantitative estimate of drug-likeness (QED) is 0.165. The van der Waals surface area contributed by atoms with Crippen LogP contribution in [0.15, 0.2) is 105 Å². The van der Waals surface area contributed by atoms with Crippen LogP contribution in [0, 0.1) is 0 Å². The lowest BCUT2D eigenvalue weighted by Gasteiger charge is -2.51. The van der Waals surface area contributed by atoms with Gasteiger partial charge in [0.2, 0.25) is 5.78 Å². The highest BCUT2D eigenvalue weighted by atomic mass is 32.2. The predicted molar refractivity (Wildman–Crippen MR) is 352 cm³/mol. The topological polar surface area (TPSA) is 76.5 Å². The number of aromatic nitrogens is 1. The minimum absolute atomic E-state index is 0.0335. The molecule has 3 atom stereocenters. The van der Waals surface area contributed by atoms with E-state index in [4.69, 9.17) is 9.98 Å². The summed E-state index contributed by atoms with van der Waals surface area (Å²) in [6.45, 7) is 0. The molecule has 34 rings (SSSR count). The minimum Gasteiger partial charge on any atom is -0.290 e. The number of carbonyl (C=O) groups is 1. The summed E-state index contributed by atoms with van der Waals surface area (Å²) < 4.78 is 18.1. The van der Waals surface area contributed by atoms with Gasteiger partial charge in [-0.1, -0.05) is 66.7 Å². The first-order chi connectivity index (χ1) is 42.6. The Morgan fingerprint density at radius 3 is 1.12 bits per heavy atom. The monoisotopic (exact) mass is 1080 g/mol. The van der Waals surface area contributed by atoms with Crippen molar-refractivity contribution in [3.05, 3.63) is 134 Å². The molecular formula is C80H14N2O3S. The largest absolute Gasteiger partial charge is 0.290 e. The van der Waals surface area contributed by atoms with Gasteiger partial charge in [-0.3, -0.25) is 19.6 Å². The average molecular weight is 1080 g/mol. The third-order valence-electron chi connectivity index (χ3n) is 27.1. The zero-order valence-corrected chi connectivity index (χ0v) is 44.4. The fraction of sp³-hybridized carbons (Fsp3) is 0.0250. The fourth-order valence-corrected chi connectivity index (χ4v) is 27.7. The van der Waals surface area contributed by atoms with Gasteiger partial charge in [-0.15, -0.1) is 0 Å². The normalized spacial score (nSPS) is 21.2. The molecule has 0 N–H and O–H groups in total. The van der Waals surface area contributed by atoms with Gasteiger partial charge in [0.15, 0.2) is 11.0 Å². The molecule has 6 heteroatoms. The highest BCUT2D eigenvalue weighted by Crippen LogP contribution is 2.80. The SMILES string of the molecule is O=C1c2c3c4c5c6c(c7c(=O)c8c9c%10c%11c%12c%13c(c%14c2c2c4c4c%15c5c5c%16c6c6c7c8c7c%10c8c%10c%11c%11c%17c%12c%14c%12c2c4c2c(c%12%17)c4c%11c%10c%10c%11c8c7c6c%16c%11c6c5c%15c2c4c6%10)C1(c1ccccn1)N=C(c1ccccc1)C%139c1ccccc1)S3=O. The van der Waals surface area contributed by atoms with Crippen molar-refractivity contribution in [2.75, 3.05) is 0 Å². The molecule has 86 heavy (non-hydrogen) atoms. The van der Waals surface area contributed by atoms with E-state index in [-0.39, 0.29) is 11.2 Å². The smallest absolute Gasteiger partial charge is 0.203 e. The van der Waals surface area contributed by atoms with Crippen LogP contribution in [0.2, 0.25) is 0 Å².